The lowest BCUT2D eigenvalue weighted by atomic mass is 10.2. The molecule has 21 heavy (non-hydrogen) atoms. The maximum absolute atomic E-state index is 3.42. The first-order chi connectivity index (χ1) is 10.4. The summed E-state index contributed by atoms with van der Waals surface area (Å²) in [4.78, 5) is 0. The molecule has 103 valence electrons. The van der Waals surface area contributed by atoms with Crippen LogP contribution in [0.15, 0.2) is 91.0 Å². The highest BCUT2D eigenvalue weighted by Gasteiger charge is 2.07. The van der Waals surface area contributed by atoms with Gasteiger partial charge in [0, 0.05) is 0 Å². The third-order valence-corrected chi connectivity index (χ3v) is 3.14. The highest BCUT2D eigenvalue weighted by molar-refractivity contribution is 5.58. The van der Waals surface area contributed by atoms with E-state index in [1.54, 1.807) is 0 Å². The molecule has 0 fully saturated rings. The van der Waals surface area contributed by atoms with Crippen LogP contribution in [0, 0.1) is 6.54 Å². The fraction of sp³-hybridized carbons (Fsp3) is 0. The second-order valence-corrected chi connectivity index (χ2v) is 4.72. The van der Waals surface area contributed by atoms with Crippen molar-refractivity contribution in [2.45, 2.75) is 0 Å². The topological polar surface area (TPSA) is 15.3 Å². The standard InChI is InChI=1S/C19H17N2/c1-4-10-17(11-5-1)16-21(19-14-8-3-9-15-19)20-18-12-6-2-7-13-18/h1-16,20H. The van der Waals surface area contributed by atoms with E-state index in [1.807, 2.05) is 59.6 Å². The number of hydrazine groups is 1. The zero-order chi connectivity index (χ0) is 14.3. The lowest BCUT2D eigenvalue weighted by Crippen LogP contribution is -2.27. The smallest absolute Gasteiger partial charge is 0.102 e. The van der Waals surface area contributed by atoms with Crippen LogP contribution in [-0.4, -0.2) is 0 Å². The van der Waals surface area contributed by atoms with Gasteiger partial charge in [0.05, 0.1) is 11.4 Å². The van der Waals surface area contributed by atoms with Gasteiger partial charge in [0.25, 0.3) is 0 Å². The molecule has 0 heterocycles. The van der Waals surface area contributed by atoms with E-state index in [-0.39, 0.29) is 0 Å². The number of anilines is 2. The highest BCUT2D eigenvalue weighted by Crippen LogP contribution is 2.19. The lowest BCUT2D eigenvalue weighted by Gasteiger charge is -2.26. The van der Waals surface area contributed by atoms with E-state index < -0.39 is 0 Å². The van der Waals surface area contributed by atoms with Gasteiger partial charge in [-0.05, 0) is 29.8 Å². The monoisotopic (exact) mass is 273 g/mol. The fourth-order valence-electron chi connectivity index (χ4n) is 2.10. The minimum atomic E-state index is 1.05. The number of nitrogens with one attached hydrogen (secondary N) is 1. The summed E-state index contributed by atoms with van der Waals surface area (Å²) in [5.74, 6) is 0. The number of rotatable bonds is 5. The summed E-state index contributed by atoms with van der Waals surface area (Å²) in [5.41, 5.74) is 6.70. The molecule has 1 N–H and O–H groups in total. The van der Waals surface area contributed by atoms with Crippen molar-refractivity contribution >= 4 is 11.4 Å². The minimum Gasteiger partial charge on any atom is -0.298 e. The molecule has 3 aromatic carbocycles. The molecule has 0 spiro atoms. The van der Waals surface area contributed by atoms with E-state index in [9.17, 15) is 0 Å². The summed E-state index contributed by atoms with van der Waals surface area (Å²) in [6.45, 7) is 2.09. The molecule has 0 unspecified atom stereocenters. The molecule has 2 heteroatoms. The molecular formula is C19H17N2. The van der Waals surface area contributed by atoms with E-state index >= 15 is 0 Å². The zero-order valence-electron chi connectivity index (χ0n) is 11.7. The largest absolute Gasteiger partial charge is 0.298 e. The van der Waals surface area contributed by atoms with Crippen molar-refractivity contribution in [3.63, 3.8) is 0 Å². The molecule has 0 atom stereocenters. The van der Waals surface area contributed by atoms with Gasteiger partial charge in [-0.15, -0.1) is 0 Å². The van der Waals surface area contributed by atoms with Crippen molar-refractivity contribution in [1.29, 1.82) is 0 Å². The van der Waals surface area contributed by atoms with Crippen LogP contribution in [-0.2, 0) is 0 Å². The van der Waals surface area contributed by atoms with Gasteiger partial charge in [-0.25, -0.2) is 0 Å². The van der Waals surface area contributed by atoms with Gasteiger partial charge in [-0.3, -0.25) is 10.4 Å². The second-order valence-electron chi connectivity index (χ2n) is 4.72. The Bertz CT molecular complexity index is 609. The zero-order valence-corrected chi connectivity index (χ0v) is 11.7. The summed E-state index contributed by atoms with van der Waals surface area (Å²) >= 11 is 0. The van der Waals surface area contributed by atoms with Crippen molar-refractivity contribution in [3.8, 4) is 0 Å². The second kappa shape index (κ2) is 6.62. The predicted octanol–water partition coefficient (Wildman–Crippen LogP) is 4.73. The van der Waals surface area contributed by atoms with Gasteiger partial charge in [-0.2, -0.15) is 0 Å². The SMILES string of the molecule is [CH](c1ccccc1)N(Nc1ccccc1)c1ccccc1. The Kier molecular flexibility index (Phi) is 4.18. The number of para-hydroxylation sites is 2. The Morgan fingerprint density at radius 3 is 1.76 bits per heavy atom. The molecular weight excluding hydrogens is 256 g/mol. The average molecular weight is 273 g/mol. The predicted molar refractivity (Wildman–Crippen MR) is 88.8 cm³/mol. The van der Waals surface area contributed by atoms with Gasteiger partial charge in [0.2, 0.25) is 0 Å². The van der Waals surface area contributed by atoms with Crippen LogP contribution in [0.4, 0.5) is 11.4 Å². The van der Waals surface area contributed by atoms with Gasteiger partial charge in [-0.1, -0.05) is 66.7 Å². The molecule has 0 aliphatic heterocycles. The molecule has 3 rings (SSSR count). The first kappa shape index (κ1) is 13.3. The van der Waals surface area contributed by atoms with Crippen LogP contribution < -0.4 is 10.4 Å². The van der Waals surface area contributed by atoms with Crippen LogP contribution in [0.1, 0.15) is 5.56 Å². The molecule has 0 aromatic heterocycles. The first-order valence-corrected chi connectivity index (χ1v) is 6.98. The Morgan fingerprint density at radius 2 is 1.14 bits per heavy atom. The van der Waals surface area contributed by atoms with Crippen molar-refractivity contribution in [2.75, 3.05) is 10.4 Å². The maximum Gasteiger partial charge on any atom is 0.102 e. The molecule has 0 saturated carbocycles. The molecule has 0 aliphatic rings. The number of hydrogen-bond donors (Lipinski definition) is 1. The van der Waals surface area contributed by atoms with Gasteiger partial charge < -0.3 is 0 Å². The van der Waals surface area contributed by atoms with Crippen LogP contribution in [0.2, 0.25) is 0 Å². The minimum absolute atomic E-state index is 1.05. The highest BCUT2D eigenvalue weighted by atomic mass is 15.5. The molecule has 2 nitrogen and oxygen atoms in total. The number of hydrogen-bond acceptors (Lipinski definition) is 2. The normalized spacial score (nSPS) is 10.1. The quantitative estimate of drug-likeness (QED) is 0.676. The van der Waals surface area contributed by atoms with E-state index in [4.69, 9.17) is 0 Å². The fourth-order valence-corrected chi connectivity index (χ4v) is 2.10. The summed E-state index contributed by atoms with van der Waals surface area (Å²) in [6.07, 6.45) is 0. The van der Waals surface area contributed by atoms with Crippen molar-refractivity contribution in [1.82, 2.24) is 0 Å². The van der Waals surface area contributed by atoms with E-state index in [1.165, 1.54) is 0 Å². The van der Waals surface area contributed by atoms with Crippen LogP contribution in [0.5, 0.6) is 0 Å². The van der Waals surface area contributed by atoms with Crippen molar-refractivity contribution < 1.29 is 0 Å². The van der Waals surface area contributed by atoms with Gasteiger partial charge in [0.1, 0.15) is 6.54 Å². The summed E-state index contributed by atoms with van der Waals surface area (Å²) in [5, 5.41) is 2.03. The number of nitrogens with zero attached hydrogens (tertiary/aromatic N) is 1. The Morgan fingerprint density at radius 1 is 0.619 bits per heavy atom. The molecule has 0 amide bonds. The third kappa shape index (κ3) is 3.63. The summed E-state index contributed by atoms with van der Waals surface area (Å²) < 4.78 is 0. The number of benzene rings is 3. The van der Waals surface area contributed by atoms with Crippen LogP contribution in [0.25, 0.3) is 0 Å². The molecule has 0 bridgehead atoms. The van der Waals surface area contributed by atoms with Crippen LogP contribution >= 0.6 is 0 Å². The summed E-state index contributed by atoms with van der Waals surface area (Å²) in [7, 11) is 0. The van der Waals surface area contributed by atoms with Crippen molar-refractivity contribution in [3.05, 3.63) is 103 Å². The van der Waals surface area contributed by atoms with Gasteiger partial charge in [0.15, 0.2) is 0 Å². The Balaban J connectivity index is 1.84. The Labute approximate surface area is 125 Å². The first-order valence-electron chi connectivity index (χ1n) is 6.98. The van der Waals surface area contributed by atoms with Crippen molar-refractivity contribution in [2.24, 2.45) is 0 Å². The maximum atomic E-state index is 3.42. The molecule has 0 aliphatic carbocycles. The molecule has 1 radical (unpaired) electrons. The molecule has 0 saturated heterocycles. The molecule has 3 aromatic rings. The summed E-state index contributed by atoms with van der Waals surface area (Å²) in [6, 6.07) is 30.7. The van der Waals surface area contributed by atoms with E-state index in [0.29, 0.717) is 0 Å². The third-order valence-electron chi connectivity index (χ3n) is 3.14. The van der Waals surface area contributed by atoms with Crippen LogP contribution in [0.3, 0.4) is 0 Å². The Hall–Kier alpha value is -2.74. The average Bonchev–Trinajstić information content (AvgIpc) is 2.57. The van der Waals surface area contributed by atoms with E-state index in [2.05, 4.69) is 48.4 Å². The lowest BCUT2D eigenvalue weighted by molar-refractivity contribution is 1.08. The van der Waals surface area contributed by atoms with E-state index in [0.717, 1.165) is 16.9 Å². The van der Waals surface area contributed by atoms with Gasteiger partial charge >= 0.3 is 0 Å².